The van der Waals surface area contributed by atoms with Crippen molar-refractivity contribution >= 4 is 25.3 Å². The number of rotatable bonds is 3. The lowest BCUT2D eigenvalue weighted by Gasteiger charge is -2.30. The van der Waals surface area contributed by atoms with Crippen molar-refractivity contribution in [2.45, 2.75) is 11.2 Å². The molecule has 100 valence electrons. The summed E-state index contributed by atoms with van der Waals surface area (Å²) in [6.45, 7) is -1.46. The second kappa shape index (κ2) is 5.44. The first-order valence-electron chi connectivity index (χ1n) is 5.94. The fourth-order valence-corrected chi connectivity index (χ4v) is 2.45. The van der Waals surface area contributed by atoms with Crippen LogP contribution < -0.4 is 10.2 Å². The van der Waals surface area contributed by atoms with Crippen LogP contribution in [0.5, 0.6) is 0 Å². The van der Waals surface area contributed by atoms with E-state index in [2.05, 4.69) is 22.8 Å². The van der Waals surface area contributed by atoms with Crippen LogP contribution in [0.4, 0.5) is 18.6 Å². The predicted molar refractivity (Wildman–Crippen MR) is 71.6 cm³/mol. The monoisotopic (exact) mass is 275 g/mol. The van der Waals surface area contributed by atoms with E-state index >= 15 is 0 Å². The third kappa shape index (κ3) is 3.85. The maximum absolute atomic E-state index is 12.5. The summed E-state index contributed by atoms with van der Waals surface area (Å²) in [4.78, 5) is 2.67. The van der Waals surface area contributed by atoms with Crippen LogP contribution in [0.2, 0.25) is 0 Å². The topological polar surface area (TPSA) is 15.3 Å². The van der Waals surface area contributed by atoms with Crippen molar-refractivity contribution in [1.82, 2.24) is 5.32 Å². The molecule has 0 unspecified atom stereocenters. The Labute approximate surface area is 110 Å². The van der Waals surface area contributed by atoms with Gasteiger partial charge in [-0.05, 0) is 18.2 Å². The number of anilines is 1. The van der Waals surface area contributed by atoms with Crippen LogP contribution in [0.1, 0.15) is 5.56 Å². The zero-order valence-electron chi connectivity index (χ0n) is 9.87. The average Bonchev–Trinajstić information content (AvgIpc) is 2.27. The number of nitrogens with zero attached hydrogens (tertiary/aromatic N) is 1. The molecule has 0 atom stereocenters. The van der Waals surface area contributed by atoms with E-state index in [0.29, 0.717) is 10.5 Å². The minimum absolute atomic E-state index is 0.295. The van der Waals surface area contributed by atoms with Gasteiger partial charge in [-0.1, -0.05) is 11.9 Å². The van der Waals surface area contributed by atoms with Crippen molar-refractivity contribution in [2.24, 2.45) is 0 Å². The van der Waals surface area contributed by atoms with E-state index in [9.17, 15) is 12.9 Å². The molecule has 0 spiro atoms. The maximum atomic E-state index is 12.5. The Hall–Kier alpha value is -0.815. The number of nitrogens with one attached hydrogen (secondary N) is 1. The molecule has 1 heterocycles. The van der Waals surface area contributed by atoms with Crippen molar-refractivity contribution in [3.05, 3.63) is 23.8 Å². The van der Waals surface area contributed by atoms with E-state index < -0.39 is 13.3 Å². The minimum atomic E-state index is -4.80. The van der Waals surface area contributed by atoms with Crippen LogP contribution in [-0.2, 0) is 6.32 Å². The Balaban J connectivity index is 2.20. The van der Waals surface area contributed by atoms with Crippen LogP contribution in [-0.4, -0.2) is 33.2 Å². The van der Waals surface area contributed by atoms with Gasteiger partial charge in [0.2, 0.25) is 0 Å². The number of halogens is 3. The first-order valence-corrected chi connectivity index (χ1v) is 6.38. The first kappa shape index (κ1) is 13.6. The number of benzene rings is 1. The molecule has 0 aliphatic carbocycles. The molecule has 0 aromatic heterocycles. The van der Waals surface area contributed by atoms with Crippen molar-refractivity contribution in [3.63, 3.8) is 0 Å². The molecule has 1 N–H and O–H groups in total. The number of piperazine rings is 1. The second-order valence-corrected chi connectivity index (χ2v) is 5.03. The molecule has 7 heteroatoms. The van der Waals surface area contributed by atoms with Crippen LogP contribution in [0, 0.1) is 0 Å². The van der Waals surface area contributed by atoms with Gasteiger partial charge >= 0.3 is 6.98 Å². The summed E-state index contributed by atoms with van der Waals surface area (Å²) >= 11 is 4.19. The van der Waals surface area contributed by atoms with E-state index in [-0.39, 0.29) is 0 Å². The lowest BCUT2D eigenvalue weighted by atomic mass is 9.82. The van der Waals surface area contributed by atoms with Crippen LogP contribution in [0.3, 0.4) is 0 Å². The van der Waals surface area contributed by atoms with Crippen molar-refractivity contribution in [2.75, 3.05) is 31.1 Å². The van der Waals surface area contributed by atoms with Gasteiger partial charge in [-0.15, -0.1) is 12.6 Å². The summed E-state index contributed by atoms with van der Waals surface area (Å²) in [7, 11) is 0. The fraction of sp³-hybridized carbons (Fsp3) is 0.455. The van der Waals surface area contributed by atoms with Gasteiger partial charge in [0.05, 0.1) is 0 Å². The van der Waals surface area contributed by atoms with Crippen molar-refractivity contribution in [1.29, 1.82) is 0 Å². The van der Waals surface area contributed by atoms with E-state index in [0.717, 1.165) is 31.9 Å². The Kier molecular flexibility index (Phi) is 4.12. The zero-order valence-corrected chi connectivity index (χ0v) is 10.8. The molecule has 1 aromatic carbocycles. The van der Waals surface area contributed by atoms with Gasteiger partial charge in [0, 0.05) is 36.8 Å². The smallest absolute Gasteiger partial charge is 0.449 e. The third-order valence-corrected chi connectivity index (χ3v) is 3.17. The van der Waals surface area contributed by atoms with Crippen molar-refractivity contribution in [3.8, 4) is 0 Å². The van der Waals surface area contributed by atoms with Crippen LogP contribution >= 0.6 is 12.6 Å². The highest BCUT2D eigenvalue weighted by molar-refractivity contribution is 7.80. The molecule has 18 heavy (non-hydrogen) atoms. The normalized spacial score (nSPS) is 17.0. The minimum Gasteiger partial charge on any atom is -0.449 e. The summed E-state index contributed by atoms with van der Waals surface area (Å²) in [5.74, 6) is 0. The molecule has 1 saturated heterocycles. The lowest BCUT2D eigenvalue weighted by molar-refractivity contribution is 0.468. The summed E-state index contributed by atoms with van der Waals surface area (Å²) in [5.41, 5.74) is 1.13. The molecular formula is C11H15BF3N2S-. The van der Waals surface area contributed by atoms with Gasteiger partial charge in [-0.25, -0.2) is 0 Å². The van der Waals surface area contributed by atoms with E-state index in [1.54, 1.807) is 6.07 Å². The standard InChI is InChI=1S/C11H15BF3N2S/c13-12(14,15)8-9-5-10(7-11(18)6-9)17-3-1-16-2-4-17/h5-7,16,18H,1-4,8H2/q-1. The molecule has 2 rings (SSSR count). The SMILES string of the molecule is F[B-](F)(F)Cc1cc(S)cc(N2CCNCC2)c1. The quantitative estimate of drug-likeness (QED) is 0.650. The van der Waals surface area contributed by atoms with Crippen LogP contribution in [0.25, 0.3) is 0 Å². The summed E-state index contributed by atoms with van der Waals surface area (Å²) in [6.07, 6.45) is -0.840. The van der Waals surface area contributed by atoms with Gasteiger partial charge in [-0.3, -0.25) is 0 Å². The zero-order chi connectivity index (χ0) is 13.2. The van der Waals surface area contributed by atoms with Gasteiger partial charge in [0.25, 0.3) is 0 Å². The summed E-state index contributed by atoms with van der Waals surface area (Å²) in [6, 6.07) is 4.94. The third-order valence-electron chi connectivity index (χ3n) is 2.91. The molecular weight excluding hydrogens is 260 g/mol. The molecule has 1 aromatic rings. The van der Waals surface area contributed by atoms with Gasteiger partial charge in [-0.2, -0.15) is 0 Å². The van der Waals surface area contributed by atoms with Crippen molar-refractivity contribution < 1.29 is 12.9 Å². The fourth-order valence-electron chi connectivity index (χ4n) is 2.15. The number of thiol groups is 1. The Morgan fingerprint density at radius 3 is 2.44 bits per heavy atom. The van der Waals surface area contributed by atoms with E-state index in [1.165, 1.54) is 6.07 Å². The molecule has 0 amide bonds. The van der Waals surface area contributed by atoms with Gasteiger partial charge in [0.1, 0.15) is 0 Å². The molecule has 1 fully saturated rings. The first-order chi connectivity index (χ1) is 8.44. The Bertz CT molecular complexity index is 419. The lowest BCUT2D eigenvalue weighted by Crippen LogP contribution is -2.43. The molecule has 1 aliphatic rings. The van der Waals surface area contributed by atoms with E-state index in [1.807, 2.05) is 6.07 Å². The van der Waals surface area contributed by atoms with Gasteiger partial charge < -0.3 is 23.2 Å². The number of hydrogen-bond donors (Lipinski definition) is 2. The largest absolute Gasteiger partial charge is 0.482 e. The maximum Gasteiger partial charge on any atom is 0.482 e. The highest BCUT2D eigenvalue weighted by atomic mass is 32.1. The van der Waals surface area contributed by atoms with E-state index in [4.69, 9.17) is 0 Å². The summed E-state index contributed by atoms with van der Waals surface area (Å²) in [5, 5.41) is 3.21. The second-order valence-electron chi connectivity index (χ2n) is 4.51. The average molecular weight is 275 g/mol. The molecule has 0 saturated carbocycles. The highest BCUT2D eigenvalue weighted by Crippen LogP contribution is 2.25. The predicted octanol–water partition coefficient (Wildman–Crippen LogP) is 2.31. The Morgan fingerprint density at radius 2 is 1.83 bits per heavy atom. The molecule has 0 bridgehead atoms. The van der Waals surface area contributed by atoms with Crippen LogP contribution in [0.15, 0.2) is 23.1 Å². The number of hydrogen-bond acceptors (Lipinski definition) is 3. The highest BCUT2D eigenvalue weighted by Gasteiger charge is 2.23. The molecule has 1 aliphatic heterocycles. The Morgan fingerprint density at radius 1 is 1.17 bits per heavy atom. The molecule has 2 nitrogen and oxygen atoms in total. The summed E-state index contributed by atoms with van der Waals surface area (Å²) < 4.78 is 37.4. The molecule has 0 radical (unpaired) electrons. The van der Waals surface area contributed by atoms with Gasteiger partial charge in [0.15, 0.2) is 0 Å².